The molecule has 0 atom stereocenters. The highest BCUT2D eigenvalue weighted by Crippen LogP contribution is 2.35. The van der Waals surface area contributed by atoms with Crippen LogP contribution in [-0.4, -0.2) is 23.3 Å². The summed E-state index contributed by atoms with van der Waals surface area (Å²) in [5.41, 5.74) is 0.944. The maximum Gasteiger partial charge on any atom is 0.331 e. The molecule has 0 aliphatic carbocycles. The number of hydrogen-bond donors (Lipinski definition) is 0. The van der Waals surface area contributed by atoms with Crippen molar-refractivity contribution in [3.8, 4) is 5.75 Å². The Kier molecular flexibility index (Phi) is 4.66. The number of benzene rings is 2. The van der Waals surface area contributed by atoms with Crippen molar-refractivity contribution < 1.29 is 9.53 Å². The number of esters is 1. The van der Waals surface area contributed by atoms with Crippen LogP contribution >= 0.6 is 35.6 Å². The molecule has 0 N–H and O–H groups in total. The summed E-state index contributed by atoms with van der Waals surface area (Å²) in [6.07, 6.45) is 0. The van der Waals surface area contributed by atoms with E-state index in [1.165, 1.54) is 0 Å². The van der Waals surface area contributed by atoms with Crippen LogP contribution in [0.25, 0.3) is 0 Å². The lowest BCUT2D eigenvalue weighted by Gasteiger charge is -2.30. The van der Waals surface area contributed by atoms with Gasteiger partial charge in [0.2, 0.25) is 0 Å². The molecule has 1 heterocycles. The zero-order valence-electron chi connectivity index (χ0n) is 11.5. The molecule has 0 amide bonds. The molecule has 22 heavy (non-hydrogen) atoms. The number of rotatable bonds is 3. The van der Waals surface area contributed by atoms with Gasteiger partial charge in [-0.15, -0.1) is 11.8 Å². The summed E-state index contributed by atoms with van der Waals surface area (Å²) in [6.45, 7) is 0.0711. The van der Waals surface area contributed by atoms with Gasteiger partial charge in [-0.05, 0) is 24.3 Å². The van der Waals surface area contributed by atoms with Crippen LogP contribution in [0, 0.1) is 0 Å². The monoisotopic (exact) mass is 349 g/mol. The number of halogens is 1. The van der Waals surface area contributed by atoms with Gasteiger partial charge in [0.05, 0.1) is 15.7 Å². The molecule has 3 nitrogen and oxygen atoms in total. The molecule has 1 aliphatic rings. The van der Waals surface area contributed by atoms with E-state index in [0.29, 0.717) is 16.5 Å². The summed E-state index contributed by atoms with van der Waals surface area (Å²) in [6, 6.07) is 14.8. The summed E-state index contributed by atoms with van der Waals surface area (Å²) in [5, 5.41) is 0.410. The first kappa shape index (κ1) is 15.3. The van der Waals surface area contributed by atoms with Gasteiger partial charge >= 0.3 is 5.97 Å². The van der Waals surface area contributed by atoms with Crippen molar-refractivity contribution in [1.82, 2.24) is 0 Å². The molecule has 2 aromatic carbocycles. The highest BCUT2D eigenvalue weighted by atomic mass is 35.5. The van der Waals surface area contributed by atoms with Gasteiger partial charge in [-0.2, -0.15) is 0 Å². The molecule has 1 aliphatic heterocycles. The van der Waals surface area contributed by atoms with Crippen LogP contribution in [0.15, 0.2) is 53.4 Å². The summed E-state index contributed by atoms with van der Waals surface area (Å²) in [4.78, 5) is 15.9. The van der Waals surface area contributed by atoms with Crippen molar-refractivity contribution in [2.24, 2.45) is 0 Å². The van der Waals surface area contributed by atoms with Crippen LogP contribution in [0.1, 0.15) is 0 Å². The Morgan fingerprint density at radius 1 is 1.23 bits per heavy atom. The molecule has 3 rings (SSSR count). The Morgan fingerprint density at radius 3 is 2.77 bits per heavy atom. The minimum Gasteiger partial charge on any atom is -0.424 e. The fourth-order valence-electron chi connectivity index (χ4n) is 2.14. The lowest BCUT2D eigenvalue weighted by atomic mass is 10.2. The summed E-state index contributed by atoms with van der Waals surface area (Å²) < 4.78 is 5.33. The molecule has 0 aromatic heterocycles. The predicted molar refractivity (Wildman–Crippen MR) is 94.2 cm³/mol. The Balaban J connectivity index is 1.77. The van der Waals surface area contributed by atoms with Crippen molar-refractivity contribution in [2.45, 2.75) is 4.90 Å². The fraction of sp³-hybridized carbons (Fsp3) is 0.125. The predicted octanol–water partition coefficient (Wildman–Crippen LogP) is 4.19. The van der Waals surface area contributed by atoms with E-state index in [2.05, 4.69) is 0 Å². The topological polar surface area (TPSA) is 29.5 Å². The lowest BCUT2D eigenvalue weighted by Crippen LogP contribution is -2.39. The largest absolute Gasteiger partial charge is 0.424 e. The third-order valence-electron chi connectivity index (χ3n) is 3.16. The van der Waals surface area contributed by atoms with E-state index in [-0.39, 0.29) is 6.54 Å². The van der Waals surface area contributed by atoms with Gasteiger partial charge in [-0.25, -0.2) is 4.79 Å². The maximum atomic E-state index is 12.2. The maximum absolute atomic E-state index is 12.2. The first-order valence-corrected chi connectivity index (χ1v) is 8.40. The molecule has 2 aromatic rings. The fourth-order valence-corrected chi connectivity index (χ4v) is 3.59. The van der Waals surface area contributed by atoms with Gasteiger partial charge in [-0.1, -0.05) is 48.1 Å². The Morgan fingerprint density at radius 2 is 1.95 bits per heavy atom. The van der Waals surface area contributed by atoms with E-state index < -0.39 is 5.97 Å². The van der Waals surface area contributed by atoms with Gasteiger partial charge in [-0.3, -0.25) is 0 Å². The lowest BCUT2D eigenvalue weighted by molar-refractivity contribution is -0.132. The van der Waals surface area contributed by atoms with Crippen LogP contribution in [-0.2, 0) is 4.79 Å². The van der Waals surface area contributed by atoms with E-state index in [1.807, 2.05) is 29.2 Å². The molecule has 0 fully saturated rings. The second-order valence-electron chi connectivity index (χ2n) is 4.64. The van der Waals surface area contributed by atoms with Crippen molar-refractivity contribution in [3.63, 3.8) is 0 Å². The van der Waals surface area contributed by atoms with E-state index in [4.69, 9.17) is 28.6 Å². The Hall–Kier alpha value is -1.56. The third-order valence-corrected chi connectivity index (χ3v) is 5.09. The first-order chi connectivity index (χ1) is 10.6. The third kappa shape index (κ3) is 3.27. The molecule has 0 saturated heterocycles. The van der Waals surface area contributed by atoms with Crippen LogP contribution in [0.5, 0.6) is 5.75 Å². The van der Waals surface area contributed by atoms with Gasteiger partial charge in [0.1, 0.15) is 12.3 Å². The molecule has 0 spiro atoms. The minimum absolute atomic E-state index is 0.0711. The molecular formula is C16H12ClNO2S2. The number of hydrogen-bond acceptors (Lipinski definition) is 4. The highest BCUT2D eigenvalue weighted by Gasteiger charge is 2.24. The second kappa shape index (κ2) is 6.69. The SMILES string of the molecule is O=C(CN1C(=S)CSc2ccccc21)Oc1ccccc1Cl. The smallest absolute Gasteiger partial charge is 0.331 e. The highest BCUT2D eigenvalue weighted by molar-refractivity contribution is 8.01. The first-order valence-electron chi connectivity index (χ1n) is 6.62. The molecule has 0 bridgehead atoms. The molecule has 0 radical (unpaired) electrons. The van der Waals surface area contributed by atoms with Gasteiger partial charge in [0.15, 0.2) is 0 Å². The average molecular weight is 350 g/mol. The molecule has 112 valence electrons. The zero-order valence-corrected chi connectivity index (χ0v) is 13.9. The number of carbonyl (C=O) groups excluding carboxylic acids is 1. The average Bonchev–Trinajstić information content (AvgIpc) is 2.52. The molecule has 6 heteroatoms. The van der Waals surface area contributed by atoms with Gasteiger partial charge < -0.3 is 9.64 Å². The standard InChI is InChI=1S/C16H12ClNO2S2/c17-11-5-1-3-7-13(11)20-16(19)9-18-12-6-2-4-8-14(12)22-10-15(18)21/h1-8H,9-10H2. The van der Waals surface area contributed by atoms with Crippen LogP contribution in [0.4, 0.5) is 5.69 Å². The Labute approximate surface area is 143 Å². The quantitative estimate of drug-likeness (QED) is 0.471. The van der Waals surface area contributed by atoms with E-state index >= 15 is 0 Å². The molecule has 0 saturated carbocycles. The number of thioether (sulfide) groups is 1. The summed E-state index contributed by atoms with van der Waals surface area (Å²) in [7, 11) is 0. The van der Waals surface area contributed by atoms with Crippen molar-refractivity contribution >= 4 is 52.2 Å². The number of ether oxygens (including phenoxy) is 1. The number of nitrogens with zero attached hydrogens (tertiary/aromatic N) is 1. The summed E-state index contributed by atoms with van der Waals surface area (Å²) >= 11 is 13.1. The number of thiocarbonyl (C=S) groups is 1. The van der Waals surface area contributed by atoms with Crippen LogP contribution < -0.4 is 9.64 Å². The number of anilines is 1. The van der Waals surface area contributed by atoms with E-state index in [9.17, 15) is 4.79 Å². The molecular weight excluding hydrogens is 338 g/mol. The second-order valence-corrected chi connectivity index (χ2v) is 6.54. The molecule has 0 unspecified atom stereocenters. The van der Waals surface area contributed by atoms with Crippen molar-refractivity contribution in [3.05, 3.63) is 53.6 Å². The number of carbonyl (C=O) groups is 1. The van der Waals surface area contributed by atoms with Crippen molar-refractivity contribution in [2.75, 3.05) is 17.2 Å². The van der Waals surface area contributed by atoms with Gasteiger partial charge in [0.25, 0.3) is 0 Å². The Bertz CT molecular complexity index is 736. The zero-order chi connectivity index (χ0) is 15.5. The van der Waals surface area contributed by atoms with E-state index in [0.717, 1.165) is 15.6 Å². The number of para-hydroxylation sites is 2. The summed E-state index contributed by atoms with van der Waals surface area (Å²) in [5.74, 6) is 0.656. The number of fused-ring (bicyclic) bond motifs is 1. The van der Waals surface area contributed by atoms with Crippen LogP contribution in [0.3, 0.4) is 0 Å². The normalized spacial score (nSPS) is 13.7. The van der Waals surface area contributed by atoms with Crippen molar-refractivity contribution in [1.29, 1.82) is 0 Å². The van der Waals surface area contributed by atoms with Crippen LogP contribution in [0.2, 0.25) is 5.02 Å². The van der Waals surface area contributed by atoms with E-state index in [1.54, 1.807) is 36.0 Å². The minimum atomic E-state index is -0.392. The van der Waals surface area contributed by atoms with Gasteiger partial charge in [0, 0.05) is 10.6 Å².